The molecule has 3 aromatic carbocycles. The van der Waals surface area contributed by atoms with E-state index in [1.165, 1.54) is 0 Å². The first-order chi connectivity index (χ1) is 14.3. The molecular formula is C25H16N4. The van der Waals surface area contributed by atoms with Crippen molar-refractivity contribution in [2.24, 2.45) is 0 Å². The van der Waals surface area contributed by atoms with Crippen LogP contribution in [0.15, 0.2) is 96.7 Å². The summed E-state index contributed by atoms with van der Waals surface area (Å²) in [6.45, 7) is 0. The Kier molecular flexibility index (Phi) is 5.01. The number of rotatable bonds is 4. The van der Waals surface area contributed by atoms with Crippen LogP contribution in [0, 0.1) is 22.7 Å². The van der Waals surface area contributed by atoms with Gasteiger partial charge in [-0.15, -0.1) is 0 Å². The van der Waals surface area contributed by atoms with E-state index in [-0.39, 0.29) is 5.57 Å². The molecule has 0 aliphatic carbocycles. The molecule has 29 heavy (non-hydrogen) atoms. The van der Waals surface area contributed by atoms with Gasteiger partial charge in [0.1, 0.15) is 23.4 Å². The van der Waals surface area contributed by atoms with Gasteiger partial charge in [0, 0.05) is 17.3 Å². The van der Waals surface area contributed by atoms with E-state index in [9.17, 15) is 0 Å². The van der Waals surface area contributed by atoms with Crippen LogP contribution >= 0.6 is 0 Å². The van der Waals surface area contributed by atoms with Gasteiger partial charge in [-0.25, -0.2) is 4.68 Å². The van der Waals surface area contributed by atoms with Crippen LogP contribution in [0.3, 0.4) is 0 Å². The number of nitriles is 2. The molecule has 4 nitrogen and oxygen atoms in total. The van der Waals surface area contributed by atoms with Crippen molar-refractivity contribution < 1.29 is 0 Å². The Morgan fingerprint density at radius 3 is 1.90 bits per heavy atom. The third-order valence-corrected chi connectivity index (χ3v) is 4.57. The number of allylic oxidation sites excluding steroid dienone is 1. The van der Waals surface area contributed by atoms with Crippen molar-refractivity contribution in [3.63, 3.8) is 0 Å². The minimum atomic E-state index is 0.0415. The van der Waals surface area contributed by atoms with Gasteiger partial charge in [0.2, 0.25) is 0 Å². The second kappa shape index (κ2) is 8.08. The molecule has 0 amide bonds. The van der Waals surface area contributed by atoms with E-state index in [4.69, 9.17) is 15.6 Å². The number of hydrogen-bond acceptors (Lipinski definition) is 3. The summed E-state index contributed by atoms with van der Waals surface area (Å²) in [7, 11) is 0. The Morgan fingerprint density at radius 1 is 0.724 bits per heavy atom. The van der Waals surface area contributed by atoms with Crippen molar-refractivity contribution in [1.82, 2.24) is 9.78 Å². The quantitative estimate of drug-likeness (QED) is 0.436. The highest BCUT2D eigenvalue weighted by molar-refractivity contribution is 5.77. The Labute approximate surface area is 169 Å². The molecule has 0 spiro atoms. The van der Waals surface area contributed by atoms with Gasteiger partial charge in [-0.05, 0) is 29.3 Å². The van der Waals surface area contributed by atoms with Crippen LogP contribution in [0.1, 0.15) is 5.56 Å². The summed E-state index contributed by atoms with van der Waals surface area (Å²) in [5, 5.41) is 23.1. The fourth-order valence-electron chi connectivity index (χ4n) is 3.13. The molecule has 0 fully saturated rings. The monoisotopic (exact) mass is 372 g/mol. The molecule has 0 saturated heterocycles. The van der Waals surface area contributed by atoms with Crippen molar-refractivity contribution in [2.45, 2.75) is 0 Å². The summed E-state index contributed by atoms with van der Waals surface area (Å²) in [5.41, 5.74) is 5.56. The fraction of sp³-hybridized carbons (Fsp3) is 0. The molecule has 0 bridgehead atoms. The van der Waals surface area contributed by atoms with Gasteiger partial charge in [0.05, 0.1) is 5.69 Å². The van der Waals surface area contributed by atoms with Crippen LogP contribution in [-0.2, 0) is 0 Å². The van der Waals surface area contributed by atoms with Crippen molar-refractivity contribution in [3.8, 4) is 40.2 Å². The molecular weight excluding hydrogens is 356 g/mol. The largest absolute Gasteiger partial charge is 0.240 e. The number of aromatic nitrogens is 2. The first kappa shape index (κ1) is 18.0. The second-order valence-corrected chi connectivity index (χ2v) is 6.44. The fourth-order valence-corrected chi connectivity index (χ4v) is 3.13. The third kappa shape index (κ3) is 3.83. The van der Waals surface area contributed by atoms with Gasteiger partial charge in [0.25, 0.3) is 0 Å². The van der Waals surface area contributed by atoms with Crippen LogP contribution in [0.25, 0.3) is 34.1 Å². The molecule has 4 aromatic rings. The van der Waals surface area contributed by atoms with Crippen molar-refractivity contribution in [3.05, 3.63) is 102 Å². The summed E-state index contributed by atoms with van der Waals surface area (Å²) < 4.78 is 1.76. The Morgan fingerprint density at radius 2 is 1.28 bits per heavy atom. The summed E-state index contributed by atoms with van der Waals surface area (Å²) >= 11 is 0. The SMILES string of the molecule is N#CC(C#N)=Cc1cn(-c2ccccc2)nc1-c1ccc(-c2ccccc2)cc1. The van der Waals surface area contributed by atoms with Crippen LogP contribution in [-0.4, -0.2) is 9.78 Å². The maximum Gasteiger partial charge on any atom is 0.130 e. The Hall–Kier alpha value is -4.41. The summed E-state index contributed by atoms with van der Waals surface area (Å²) in [4.78, 5) is 0. The zero-order valence-electron chi connectivity index (χ0n) is 15.5. The molecule has 0 N–H and O–H groups in total. The number of para-hydroxylation sites is 1. The van der Waals surface area contributed by atoms with Crippen LogP contribution < -0.4 is 0 Å². The van der Waals surface area contributed by atoms with Crippen molar-refractivity contribution in [2.75, 3.05) is 0 Å². The van der Waals surface area contributed by atoms with E-state index in [1.807, 2.05) is 79.0 Å². The number of benzene rings is 3. The lowest BCUT2D eigenvalue weighted by Gasteiger charge is -2.04. The minimum absolute atomic E-state index is 0.0415. The van der Waals surface area contributed by atoms with E-state index in [2.05, 4.69) is 24.3 Å². The normalized spacial score (nSPS) is 10.0. The predicted octanol–water partition coefficient (Wildman–Crippen LogP) is 5.64. The molecule has 1 aromatic heterocycles. The van der Waals surface area contributed by atoms with E-state index in [1.54, 1.807) is 10.8 Å². The highest BCUT2D eigenvalue weighted by atomic mass is 15.3. The lowest BCUT2D eigenvalue weighted by molar-refractivity contribution is 0.884. The highest BCUT2D eigenvalue weighted by Crippen LogP contribution is 2.28. The van der Waals surface area contributed by atoms with Crippen molar-refractivity contribution in [1.29, 1.82) is 10.5 Å². The average molecular weight is 372 g/mol. The highest BCUT2D eigenvalue weighted by Gasteiger charge is 2.12. The first-order valence-electron chi connectivity index (χ1n) is 9.11. The molecule has 0 aliphatic heterocycles. The molecule has 0 radical (unpaired) electrons. The van der Waals surface area contributed by atoms with E-state index in [0.29, 0.717) is 0 Å². The van der Waals surface area contributed by atoms with Crippen LogP contribution in [0.2, 0.25) is 0 Å². The lowest BCUT2D eigenvalue weighted by Crippen LogP contribution is -1.94. The lowest BCUT2D eigenvalue weighted by atomic mass is 10.0. The number of nitrogens with zero attached hydrogens (tertiary/aromatic N) is 4. The zero-order valence-corrected chi connectivity index (χ0v) is 15.5. The molecule has 4 heteroatoms. The Balaban J connectivity index is 1.80. The third-order valence-electron chi connectivity index (χ3n) is 4.57. The van der Waals surface area contributed by atoms with Crippen molar-refractivity contribution >= 4 is 6.08 Å². The summed E-state index contributed by atoms with van der Waals surface area (Å²) in [6, 6.07) is 31.9. The van der Waals surface area contributed by atoms with E-state index < -0.39 is 0 Å². The average Bonchev–Trinajstić information content (AvgIpc) is 3.22. The van der Waals surface area contributed by atoms with E-state index in [0.717, 1.165) is 33.6 Å². The maximum atomic E-state index is 9.17. The van der Waals surface area contributed by atoms with Crippen LogP contribution in [0.4, 0.5) is 0 Å². The van der Waals surface area contributed by atoms with Gasteiger partial charge in [-0.2, -0.15) is 15.6 Å². The molecule has 136 valence electrons. The summed E-state index contributed by atoms with van der Waals surface area (Å²) in [6.07, 6.45) is 3.41. The molecule has 0 saturated carbocycles. The first-order valence-corrected chi connectivity index (χ1v) is 9.11. The minimum Gasteiger partial charge on any atom is -0.240 e. The molecule has 0 unspecified atom stereocenters. The van der Waals surface area contributed by atoms with Gasteiger partial charge >= 0.3 is 0 Å². The van der Waals surface area contributed by atoms with Gasteiger partial charge in [-0.1, -0.05) is 72.8 Å². The van der Waals surface area contributed by atoms with Crippen LogP contribution in [0.5, 0.6) is 0 Å². The van der Waals surface area contributed by atoms with Gasteiger partial charge in [0.15, 0.2) is 0 Å². The van der Waals surface area contributed by atoms with Gasteiger partial charge < -0.3 is 0 Å². The molecule has 1 heterocycles. The zero-order chi connectivity index (χ0) is 20.1. The predicted molar refractivity (Wildman–Crippen MR) is 114 cm³/mol. The smallest absolute Gasteiger partial charge is 0.130 e. The Bertz CT molecular complexity index is 1220. The number of hydrogen-bond donors (Lipinski definition) is 0. The maximum absolute atomic E-state index is 9.17. The molecule has 0 aliphatic rings. The van der Waals surface area contributed by atoms with E-state index >= 15 is 0 Å². The summed E-state index contributed by atoms with van der Waals surface area (Å²) in [5.74, 6) is 0. The molecule has 4 rings (SSSR count). The topological polar surface area (TPSA) is 65.4 Å². The molecule has 0 atom stereocenters. The second-order valence-electron chi connectivity index (χ2n) is 6.44. The standard InChI is InChI=1S/C25H16N4/c26-16-19(17-27)15-23-18-29(24-9-5-2-6-10-24)28-25(23)22-13-11-21(12-14-22)20-7-3-1-4-8-20/h1-15,18H. The van der Waals surface area contributed by atoms with Gasteiger partial charge in [-0.3, -0.25) is 0 Å².